The first-order valence-electron chi connectivity index (χ1n) is 10.7. The van der Waals surface area contributed by atoms with Gasteiger partial charge in [0.1, 0.15) is 0 Å². The van der Waals surface area contributed by atoms with E-state index in [1.165, 1.54) is 19.2 Å². The summed E-state index contributed by atoms with van der Waals surface area (Å²) >= 11 is 0. The lowest BCUT2D eigenvalue weighted by Gasteiger charge is -2.18. The van der Waals surface area contributed by atoms with Crippen molar-refractivity contribution >= 4 is 27.6 Å². The lowest BCUT2D eigenvalue weighted by Crippen LogP contribution is -2.35. The third-order valence-corrected chi connectivity index (χ3v) is 6.73. The number of carbonyl (C=O) groups is 2. The number of likely N-dealkylation sites (N-methyl/N-ethyl adjacent to an activating group) is 1. The fraction of sp³-hybridized carbons (Fsp3) is 0.391. The van der Waals surface area contributed by atoms with Gasteiger partial charge in [-0.25, -0.2) is 13.2 Å². The lowest BCUT2D eigenvalue weighted by molar-refractivity contribution is -0.116. The van der Waals surface area contributed by atoms with Crippen molar-refractivity contribution in [2.45, 2.75) is 31.1 Å². The number of ether oxygens (including phenoxy) is 3. The van der Waals surface area contributed by atoms with Gasteiger partial charge in [-0.15, -0.1) is 0 Å². The smallest absolute Gasteiger partial charge is 0.338 e. The fourth-order valence-corrected chi connectivity index (χ4v) is 4.20. The van der Waals surface area contributed by atoms with Crippen LogP contribution in [0.4, 0.5) is 5.69 Å². The van der Waals surface area contributed by atoms with E-state index >= 15 is 0 Å². The van der Waals surface area contributed by atoms with Gasteiger partial charge in [0, 0.05) is 25.2 Å². The van der Waals surface area contributed by atoms with E-state index in [9.17, 15) is 18.0 Å². The van der Waals surface area contributed by atoms with Crippen molar-refractivity contribution in [3.8, 4) is 11.5 Å². The Hall–Kier alpha value is -3.11. The number of unbranched alkanes of at least 4 members (excludes halogenated alkanes) is 1. The molecule has 178 valence electrons. The van der Waals surface area contributed by atoms with E-state index in [1.54, 1.807) is 30.3 Å². The summed E-state index contributed by atoms with van der Waals surface area (Å²) in [4.78, 5) is 24.4. The Bertz CT molecular complexity index is 1080. The minimum atomic E-state index is -3.93. The quantitative estimate of drug-likeness (QED) is 0.437. The second-order valence-electron chi connectivity index (χ2n) is 7.54. The maximum Gasteiger partial charge on any atom is 0.338 e. The molecule has 0 spiro atoms. The molecule has 0 saturated heterocycles. The molecule has 0 radical (unpaired) electrons. The molecule has 0 saturated carbocycles. The minimum absolute atomic E-state index is 0.00740. The number of hydrogen-bond acceptors (Lipinski definition) is 7. The molecular weight excluding hydrogens is 448 g/mol. The van der Waals surface area contributed by atoms with Crippen LogP contribution < -0.4 is 14.8 Å². The van der Waals surface area contributed by atoms with Crippen LogP contribution in [0.25, 0.3) is 0 Å². The topological polar surface area (TPSA) is 111 Å². The molecule has 1 heterocycles. The summed E-state index contributed by atoms with van der Waals surface area (Å²) in [6.07, 6.45) is 2.43. The summed E-state index contributed by atoms with van der Waals surface area (Å²) in [7, 11) is -2.60. The summed E-state index contributed by atoms with van der Waals surface area (Å²) in [5, 5.41) is 2.63. The van der Waals surface area contributed by atoms with Gasteiger partial charge in [0.2, 0.25) is 15.9 Å². The van der Waals surface area contributed by atoms with Gasteiger partial charge in [0.05, 0.1) is 36.8 Å². The normalized spacial score (nSPS) is 13.3. The molecule has 2 aromatic carbocycles. The average Bonchev–Trinajstić information content (AvgIpc) is 3.04. The highest BCUT2D eigenvalue weighted by Crippen LogP contribution is 2.32. The van der Waals surface area contributed by atoms with Crippen LogP contribution in [0.2, 0.25) is 0 Å². The van der Waals surface area contributed by atoms with Crippen LogP contribution >= 0.6 is 0 Å². The van der Waals surface area contributed by atoms with Crippen molar-refractivity contribution in [2.75, 3.05) is 38.7 Å². The monoisotopic (exact) mass is 476 g/mol. The van der Waals surface area contributed by atoms with E-state index < -0.39 is 28.4 Å². The molecule has 10 heteroatoms. The zero-order chi connectivity index (χ0) is 23.8. The van der Waals surface area contributed by atoms with Crippen LogP contribution in [0.1, 0.15) is 36.5 Å². The zero-order valence-electron chi connectivity index (χ0n) is 18.7. The van der Waals surface area contributed by atoms with Gasteiger partial charge < -0.3 is 19.5 Å². The fourth-order valence-electron chi connectivity index (χ4n) is 3.05. The van der Waals surface area contributed by atoms with Gasteiger partial charge in [-0.2, -0.15) is 4.31 Å². The molecular formula is C23H28N2O7S. The average molecular weight is 477 g/mol. The number of fused-ring (bicyclic) bond motifs is 1. The third-order valence-electron chi connectivity index (χ3n) is 4.93. The molecule has 0 aromatic heterocycles. The number of hydrogen-bond donors (Lipinski definition) is 1. The number of esters is 1. The summed E-state index contributed by atoms with van der Waals surface area (Å²) in [5.74, 6) is -0.0970. The molecule has 1 N–H and O–H groups in total. The van der Waals surface area contributed by atoms with E-state index in [0.29, 0.717) is 49.0 Å². The number of sulfonamides is 1. The highest BCUT2D eigenvalue weighted by atomic mass is 32.2. The van der Waals surface area contributed by atoms with E-state index in [-0.39, 0.29) is 4.90 Å². The molecule has 2 aromatic rings. The Kier molecular flexibility index (Phi) is 8.29. The van der Waals surface area contributed by atoms with Crippen molar-refractivity contribution in [1.29, 1.82) is 0 Å². The molecule has 0 atom stereocenters. The van der Waals surface area contributed by atoms with E-state index in [0.717, 1.165) is 17.1 Å². The predicted molar refractivity (Wildman–Crippen MR) is 122 cm³/mol. The highest BCUT2D eigenvalue weighted by molar-refractivity contribution is 7.89. The van der Waals surface area contributed by atoms with Gasteiger partial charge >= 0.3 is 5.97 Å². The van der Waals surface area contributed by atoms with Gasteiger partial charge in [0.25, 0.3) is 0 Å². The Morgan fingerprint density at radius 1 is 1.06 bits per heavy atom. The van der Waals surface area contributed by atoms with E-state index in [2.05, 4.69) is 5.32 Å². The van der Waals surface area contributed by atoms with Crippen molar-refractivity contribution in [3.63, 3.8) is 0 Å². The van der Waals surface area contributed by atoms with Crippen molar-refractivity contribution in [2.24, 2.45) is 0 Å². The number of amides is 1. The summed E-state index contributed by atoms with van der Waals surface area (Å²) in [5.41, 5.74) is 0.810. The van der Waals surface area contributed by atoms with Crippen LogP contribution in [-0.2, 0) is 19.6 Å². The van der Waals surface area contributed by atoms with Crippen LogP contribution in [0.5, 0.6) is 11.5 Å². The van der Waals surface area contributed by atoms with Crippen molar-refractivity contribution in [3.05, 3.63) is 48.0 Å². The number of benzene rings is 2. The number of carbonyl (C=O) groups excluding carboxylic acids is 2. The maximum absolute atomic E-state index is 12.9. The number of anilines is 1. The second-order valence-corrected chi connectivity index (χ2v) is 9.58. The lowest BCUT2D eigenvalue weighted by atomic mass is 10.2. The Labute approximate surface area is 193 Å². The molecule has 1 aliphatic heterocycles. The second kappa shape index (κ2) is 11.2. The van der Waals surface area contributed by atoms with Crippen LogP contribution in [0, 0.1) is 0 Å². The number of rotatable bonds is 9. The molecule has 0 aliphatic carbocycles. The maximum atomic E-state index is 12.9. The first kappa shape index (κ1) is 24.5. The largest absolute Gasteiger partial charge is 0.490 e. The molecule has 1 amide bonds. The number of nitrogens with zero attached hydrogens (tertiary/aromatic N) is 1. The predicted octanol–water partition coefficient (Wildman–Crippen LogP) is 3.06. The van der Waals surface area contributed by atoms with Crippen LogP contribution in [0.15, 0.2) is 47.4 Å². The third kappa shape index (κ3) is 6.45. The Morgan fingerprint density at radius 3 is 2.45 bits per heavy atom. The standard InChI is InChI=1S/C23H28N2O7S/c1-3-4-12-32-23(27)17-6-8-18(9-7-17)24-22(26)16-25(2)33(28,29)19-10-11-20-21(15-19)31-14-5-13-30-20/h6-11,15H,3-5,12-14,16H2,1-2H3,(H,24,26). The van der Waals surface area contributed by atoms with Gasteiger partial charge in [0.15, 0.2) is 11.5 Å². The van der Waals surface area contributed by atoms with Crippen LogP contribution in [0.3, 0.4) is 0 Å². The molecule has 3 rings (SSSR count). The number of nitrogens with one attached hydrogen (secondary N) is 1. The molecule has 0 bridgehead atoms. The molecule has 9 nitrogen and oxygen atoms in total. The first-order valence-corrected chi connectivity index (χ1v) is 12.2. The molecule has 0 fully saturated rings. The van der Waals surface area contributed by atoms with Gasteiger partial charge in [-0.05, 0) is 42.8 Å². The Balaban J connectivity index is 1.59. The van der Waals surface area contributed by atoms with E-state index in [4.69, 9.17) is 14.2 Å². The van der Waals surface area contributed by atoms with Gasteiger partial charge in [-0.3, -0.25) is 4.79 Å². The highest BCUT2D eigenvalue weighted by Gasteiger charge is 2.25. The zero-order valence-corrected chi connectivity index (χ0v) is 19.5. The molecule has 0 unspecified atom stereocenters. The van der Waals surface area contributed by atoms with Crippen molar-refractivity contribution < 1.29 is 32.2 Å². The summed E-state index contributed by atoms with van der Waals surface area (Å²) in [6.45, 7) is 2.91. The van der Waals surface area contributed by atoms with Crippen molar-refractivity contribution in [1.82, 2.24) is 4.31 Å². The first-order chi connectivity index (χ1) is 15.8. The molecule has 33 heavy (non-hydrogen) atoms. The Morgan fingerprint density at radius 2 is 1.76 bits per heavy atom. The van der Waals surface area contributed by atoms with Crippen LogP contribution in [-0.4, -0.2) is 58.0 Å². The van der Waals surface area contributed by atoms with E-state index in [1.807, 2.05) is 6.92 Å². The summed E-state index contributed by atoms with van der Waals surface area (Å²) < 4.78 is 43.0. The molecule has 1 aliphatic rings. The van der Waals surface area contributed by atoms with Gasteiger partial charge in [-0.1, -0.05) is 13.3 Å². The minimum Gasteiger partial charge on any atom is -0.490 e. The summed E-state index contributed by atoms with van der Waals surface area (Å²) in [6, 6.07) is 10.6. The SMILES string of the molecule is CCCCOC(=O)c1ccc(NC(=O)CN(C)S(=O)(=O)c2ccc3c(c2)OCCCO3)cc1.